The first-order valence-electron chi connectivity index (χ1n) is 28.4. The number of alkyl halides is 2. The number of carbonyl (C=O) groups excluding carboxylic acids is 4. The van der Waals surface area contributed by atoms with Crippen LogP contribution in [0.2, 0.25) is 0 Å². The van der Waals surface area contributed by atoms with Crippen molar-refractivity contribution in [3.05, 3.63) is 42.0 Å². The number of rotatable bonds is 25. The van der Waals surface area contributed by atoms with E-state index in [1.807, 2.05) is 52.8 Å². The monoisotopic (exact) mass is 1110 g/mol. The summed E-state index contributed by atoms with van der Waals surface area (Å²) in [6.45, 7) is 21.3. The van der Waals surface area contributed by atoms with Crippen LogP contribution in [0.25, 0.3) is 0 Å². The number of nitrogens with zero attached hydrogens (tertiary/aromatic N) is 2. The highest BCUT2D eigenvalue weighted by Gasteiger charge is 2.64. The number of hydroxylamine groups is 2. The molecule has 5 aliphatic rings. The lowest BCUT2D eigenvalue weighted by molar-refractivity contribution is -0.429. The minimum atomic E-state index is -1.43. The molecule has 6 rings (SSSR count). The summed E-state index contributed by atoms with van der Waals surface area (Å²) in [4.78, 5) is 61.8. The number of aliphatic hydroxyl groups is 2. The summed E-state index contributed by atoms with van der Waals surface area (Å²) in [7, 11) is 0. The van der Waals surface area contributed by atoms with Gasteiger partial charge in [-0.05, 0) is 113 Å². The maximum absolute atomic E-state index is 14.8. The van der Waals surface area contributed by atoms with Gasteiger partial charge in [0.15, 0.2) is 11.9 Å². The van der Waals surface area contributed by atoms with Gasteiger partial charge in [-0.3, -0.25) is 24.0 Å². The topological polar surface area (TPSA) is 192 Å². The van der Waals surface area contributed by atoms with Crippen molar-refractivity contribution in [3.8, 4) is 0 Å². The van der Waals surface area contributed by atoms with Crippen molar-refractivity contribution in [1.29, 1.82) is 0 Å². The molecular formula is C58H91Cl2N3O13. The summed E-state index contributed by atoms with van der Waals surface area (Å²) in [5.74, 6) is -5.21. The number of carbonyl (C=O) groups is 4. The van der Waals surface area contributed by atoms with Gasteiger partial charge >= 0.3 is 11.9 Å². The smallest absolute Gasteiger partial charge is 0.305 e. The first-order chi connectivity index (χ1) is 36.1. The molecule has 16 atom stereocenters. The molecule has 5 aliphatic heterocycles. The van der Waals surface area contributed by atoms with Gasteiger partial charge in [0.1, 0.15) is 18.1 Å². The number of hydrogen-bond acceptors (Lipinski definition) is 15. The highest BCUT2D eigenvalue weighted by Crippen LogP contribution is 2.54. The number of nitrogens with one attached hydrogen (secondary N) is 1. The molecule has 4 saturated heterocycles. The van der Waals surface area contributed by atoms with Gasteiger partial charge in [-0.15, -0.1) is 23.2 Å². The molecule has 16 nitrogen and oxygen atoms in total. The van der Waals surface area contributed by atoms with Crippen LogP contribution in [0.15, 0.2) is 36.4 Å². The van der Waals surface area contributed by atoms with Crippen LogP contribution < -0.4 is 10.2 Å². The number of aliphatic hydroxyl groups excluding tert-OH is 1. The standard InChI is InChI=1S/C58H91Cl2N3O13/c1-11-45(54(68)61-30-34-70-49(65)16-14-15-43-18-20-44(21-19-43)62(32-28-59)33-29-60)47-22-17-37(4)52(73-47)41(8)50(66)40(7)51(67)46(12-2)53-38(5)35-39(6)57(74-53)24-23-48(72-42(9)64)58(76-57)26-25-55(10,75-58)63-31-27-56(69,13-3)36-71-63/h18-21,23-24,37-41,45-48,50,52-53,66,69H,11-17,22,25-36H2,1-10H3,(H,61,68)/t37-,38-,39+,40-,41-,45+,46-,47+,48+,50+,52+,53-,55-,56+,57-,58-/m0/s1. The van der Waals surface area contributed by atoms with E-state index in [1.165, 1.54) is 6.92 Å². The van der Waals surface area contributed by atoms with Crippen molar-refractivity contribution >= 4 is 52.5 Å². The number of Topliss-reactive ketones (excluding diaryl/α,β-unsaturated/α-hetero) is 1. The molecule has 0 bridgehead atoms. The SMILES string of the molecule is CC[C@@H](C(=O)[C@@H](C)[C@@H](O)[C@H](C)[C@@H]1O[C@@H]([C@@H](CC)C(=O)NCCOC(=O)CCCc2ccc(N(CCCl)CCCl)cc2)CC[C@@H]1C)[C@H]1O[C@]2(C=C[C@@H](OC(C)=O)[C@]3(CC[C@@](C)(N4CC[C@](O)(CC)CO4)O3)O2)[C@H](C)C[C@@H]1C. The highest BCUT2D eigenvalue weighted by molar-refractivity contribution is 6.18. The van der Waals surface area contributed by atoms with Gasteiger partial charge < -0.3 is 48.9 Å². The number of anilines is 1. The Labute approximate surface area is 462 Å². The lowest BCUT2D eigenvalue weighted by Gasteiger charge is -2.54. The molecular weight excluding hydrogens is 1020 g/mol. The fourth-order valence-corrected chi connectivity index (χ4v) is 12.9. The van der Waals surface area contributed by atoms with Crippen LogP contribution in [0.1, 0.15) is 145 Å². The Bertz CT molecular complexity index is 2090. The molecule has 76 heavy (non-hydrogen) atoms. The van der Waals surface area contributed by atoms with Crippen LogP contribution in [0.5, 0.6) is 0 Å². The number of benzene rings is 1. The Morgan fingerprint density at radius 1 is 0.934 bits per heavy atom. The quantitative estimate of drug-likeness (QED) is 0.0365. The summed E-state index contributed by atoms with van der Waals surface area (Å²) in [5.41, 5.74) is 0.294. The molecule has 0 radical (unpaired) electrons. The third-order valence-corrected chi connectivity index (χ3v) is 17.7. The van der Waals surface area contributed by atoms with Crippen molar-refractivity contribution in [2.24, 2.45) is 41.4 Å². The number of aryl methyl sites for hydroxylation is 1. The Morgan fingerprint density at radius 3 is 2.25 bits per heavy atom. The molecule has 4 fully saturated rings. The van der Waals surface area contributed by atoms with Gasteiger partial charge in [-0.1, -0.05) is 67.5 Å². The Morgan fingerprint density at radius 2 is 1.63 bits per heavy atom. The molecule has 430 valence electrons. The second-order valence-corrected chi connectivity index (χ2v) is 23.6. The summed E-state index contributed by atoms with van der Waals surface area (Å²) in [6, 6.07) is 8.21. The van der Waals surface area contributed by atoms with Crippen molar-refractivity contribution in [3.63, 3.8) is 0 Å². The zero-order chi connectivity index (χ0) is 55.6. The van der Waals surface area contributed by atoms with E-state index in [1.54, 1.807) is 18.1 Å². The maximum atomic E-state index is 14.8. The van der Waals surface area contributed by atoms with Crippen molar-refractivity contribution < 1.29 is 62.6 Å². The van der Waals surface area contributed by atoms with Crippen LogP contribution in [-0.4, -0.2) is 143 Å². The molecule has 1 aromatic carbocycles. The Hall–Kier alpha value is -2.90. The zero-order valence-electron chi connectivity index (χ0n) is 47.1. The molecule has 0 aliphatic carbocycles. The lowest BCUT2D eigenvalue weighted by atomic mass is 9.72. The number of amides is 1. The van der Waals surface area contributed by atoms with E-state index >= 15 is 0 Å². The van der Waals surface area contributed by atoms with E-state index in [-0.39, 0.29) is 61.6 Å². The molecule has 18 heteroatoms. The second-order valence-electron chi connectivity index (χ2n) is 22.9. The average molecular weight is 1110 g/mol. The molecule has 5 heterocycles. The summed E-state index contributed by atoms with van der Waals surface area (Å²) in [5, 5.41) is 27.7. The molecule has 1 amide bonds. The predicted molar refractivity (Wildman–Crippen MR) is 291 cm³/mol. The van der Waals surface area contributed by atoms with E-state index in [9.17, 15) is 29.4 Å². The van der Waals surface area contributed by atoms with Gasteiger partial charge in [0.2, 0.25) is 11.7 Å². The van der Waals surface area contributed by atoms with Crippen molar-refractivity contribution in [2.75, 3.05) is 56.1 Å². The molecule has 1 aromatic rings. The normalized spacial score (nSPS) is 33.8. The summed E-state index contributed by atoms with van der Waals surface area (Å²) < 4.78 is 39.2. The molecule has 2 spiro atoms. The number of halogens is 2. The zero-order valence-corrected chi connectivity index (χ0v) is 48.6. The van der Waals surface area contributed by atoms with Crippen LogP contribution in [-0.2, 0) is 58.9 Å². The van der Waals surface area contributed by atoms with E-state index in [0.717, 1.165) is 24.1 Å². The first kappa shape index (κ1) is 62.3. The largest absolute Gasteiger partial charge is 0.464 e. The number of ether oxygens (including phenoxy) is 6. The number of esters is 2. The Balaban J connectivity index is 1.02. The summed E-state index contributed by atoms with van der Waals surface area (Å²) >= 11 is 11.9. The van der Waals surface area contributed by atoms with Crippen LogP contribution in [0.3, 0.4) is 0 Å². The van der Waals surface area contributed by atoms with Gasteiger partial charge in [-0.25, -0.2) is 0 Å². The third kappa shape index (κ3) is 14.7. The lowest BCUT2D eigenvalue weighted by Crippen LogP contribution is -2.64. The van der Waals surface area contributed by atoms with Gasteiger partial charge in [0, 0.05) is 80.5 Å². The van der Waals surface area contributed by atoms with Gasteiger partial charge in [0.05, 0.1) is 49.1 Å². The van der Waals surface area contributed by atoms with Crippen molar-refractivity contribution in [2.45, 2.75) is 200 Å². The van der Waals surface area contributed by atoms with Gasteiger partial charge in [-0.2, -0.15) is 5.06 Å². The van der Waals surface area contributed by atoms with E-state index in [0.29, 0.717) is 89.2 Å². The van der Waals surface area contributed by atoms with Crippen LogP contribution >= 0.6 is 23.2 Å². The maximum Gasteiger partial charge on any atom is 0.305 e. The van der Waals surface area contributed by atoms with E-state index in [2.05, 4.69) is 43.1 Å². The van der Waals surface area contributed by atoms with Crippen molar-refractivity contribution in [1.82, 2.24) is 10.4 Å². The predicted octanol–water partition coefficient (Wildman–Crippen LogP) is 8.67. The highest BCUT2D eigenvalue weighted by atomic mass is 35.5. The molecule has 0 aromatic heterocycles. The second kappa shape index (κ2) is 27.5. The molecule has 0 unspecified atom stereocenters. The first-order valence-corrected chi connectivity index (χ1v) is 29.5. The number of ketones is 1. The molecule has 0 saturated carbocycles. The Kier molecular flexibility index (Phi) is 22.6. The minimum Gasteiger partial charge on any atom is -0.464 e. The van der Waals surface area contributed by atoms with Gasteiger partial charge in [0.25, 0.3) is 0 Å². The summed E-state index contributed by atoms with van der Waals surface area (Å²) in [6.07, 6.45) is 6.95. The fourth-order valence-electron chi connectivity index (χ4n) is 12.5. The molecule has 3 N–H and O–H groups in total. The van der Waals surface area contributed by atoms with Crippen LogP contribution in [0, 0.1) is 41.4 Å². The number of hydrogen-bond donors (Lipinski definition) is 3. The third-order valence-electron chi connectivity index (χ3n) is 17.4. The minimum absolute atomic E-state index is 0.0448. The average Bonchev–Trinajstić information content (AvgIpc) is 3.75. The van der Waals surface area contributed by atoms with E-state index in [4.69, 9.17) is 56.5 Å². The fraction of sp³-hybridized carbons (Fsp3) is 0.793. The van der Waals surface area contributed by atoms with Crippen LogP contribution in [0.4, 0.5) is 5.69 Å². The van der Waals surface area contributed by atoms with E-state index < -0.39 is 83.1 Å².